The Bertz CT molecular complexity index is 836. The Labute approximate surface area is 203 Å². The number of benzene rings is 1. The number of rotatable bonds is 7. The third kappa shape index (κ3) is 6.31. The van der Waals surface area contributed by atoms with Crippen LogP contribution in [0.25, 0.3) is 0 Å². The van der Waals surface area contributed by atoms with Gasteiger partial charge in [0, 0.05) is 24.5 Å². The minimum atomic E-state index is -2.70. The molecule has 3 rings (SSSR count). The average Bonchev–Trinajstić information content (AvgIpc) is 3.28. The molecule has 1 heterocycles. The van der Waals surface area contributed by atoms with Crippen molar-refractivity contribution in [3.63, 3.8) is 0 Å². The number of nitrogens with zero attached hydrogens (tertiary/aromatic N) is 1. The number of carboxylic acid groups (broad SMARTS) is 1. The molecule has 0 saturated heterocycles. The minimum absolute atomic E-state index is 0. The number of hydrogen-bond donors (Lipinski definition) is 2. The van der Waals surface area contributed by atoms with Crippen LogP contribution in [0.3, 0.4) is 0 Å². The summed E-state index contributed by atoms with van der Waals surface area (Å²) in [4.78, 5) is 27.3. The first-order chi connectivity index (χ1) is 12.8. The van der Waals surface area contributed by atoms with Gasteiger partial charge in [-0.05, 0) is 48.2 Å². The normalized spacial score (nSPS) is 17.7. The number of halogens is 2. The van der Waals surface area contributed by atoms with Crippen molar-refractivity contribution in [1.29, 1.82) is 0 Å². The number of hydrogen-bond acceptors (Lipinski definition) is 4. The van der Waals surface area contributed by atoms with Gasteiger partial charge < -0.3 is 20.5 Å². The Balaban J connectivity index is 0.00000280. The van der Waals surface area contributed by atoms with Gasteiger partial charge in [-0.1, -0.05) is 12.1 Å². The van der Waals surface area contributed by atoms with Crippen LogP contribution in [-0.2, 0) is 11.2 Å². The number of urea groups is 1. The molecule has 1 fully saturated rings. The van der Waals surface area contributed by atoms with Gasteiger partial charge in [0.25, 0.3) is 5.92 Å². The van der Waals surface area contributed by atoms with Gasteiger partial charge in [0.2, 0.25) is 0 Å². The molecule has 142 valence electrons. The monoisotopic (exact) mass is 413 g/mol. The van der Waals surface area contributed by atoms with Crippen molar-refractivity contribution >= 4 is 17.7 Å². The van der Waals surface area contributed by atoms with Crippen LogP contribution in [0.2, 0.25) is 0 Å². The fourth-order valence-corrected chi connectivity index (χ4v) is 2.84. The summed E-state index contributed by atoms with van der Waals surface area (Å²) in [5, 5.41) is 16.1. The molecule has 2 atom stereocenters. The largest absolute Gasteiger partial charge is 1.00 e. The zero-order chi connectivity index (χ0) is 19.4. The molecule has 2 N–H and O–H groups in total. The van der Waals surface area contributed by atoms with Gasteiger partial charge in [-0.3, -0.25) is 4.98 Å². The maximum atomic E-state index is 13.2. The zero-order valence-electron chi connectivity index (χ0n) is 15.3. The van der Waals surface area contributed by atoms with Crippen molar-refractivity contribution in [2.24, 2.45) is 0 Å². The maximum absolute atomic E-state index is 13.2. The van der Waals surface area contributed by atoms with E-state index in [4.69, 9.17) is 0 Å². The average molecular weight is 413 g/mol. The van der Waals surface area contributed by atoms with Crippen molar-refractivity contribution in [3.8, 4) is 0 Å². The first kappa shape index (κ1) is 22.9. The standard InChI is InChI=1S/C19H19F2N3O3.K/c20-19(21)11-15(19)13-2-1-3-14(10-13)23-18(27)24-16(17(25)26)5-4-12-6-8-22-9-7-12;/h1-3,6-10,15-16H,4-5,11H2,(H,25,26)(H2,23,24,27);/q;+1/p-1. The van der Waals surface area contributed by atoms with Crippen molar-refractivity contribution in [2.75, 3.05) is 5.32 Å². The van der Waals surface area contributed by atoms with E-state index < -0.39 is 29.9 Å². The first-order valence-electron chi connectivity index (χ1n) is 8.50. The molecular weight excluding hydrogens is 395 g/mol. The molecule has 1 saturated carbocycles. The van der Waals surface area contributed by atoms with Crippen molar-refractivity contribution in [2.45, 2.75) is 37.1 Å². The van der Waals surface area contributed by atoms with Gasteiger partial charge in [0.15, 0.2) is 0 Å². The quantitative estimate of drug-likeness (QED) is 0.574. The Morgan fingerprint density at radius 1 is 1.25 bits per heavy atom. The Morgan fingerprint density at radius 3 is 2.54 bits per heavy atom. The van der Waals surface area contributed by atoms with Crippen LogP contribution in [0.15, 0.2) is 48.8 Å². The molecule has 1 aliphatic rings. The molecule has 0 bridgehead atoms. The molecule has 0 spiro atoms. The number of carbonyl (C=O) groups excluding carboxylic acids is 2. The van der Waals surface area contributed by atoms with Crippen LogP contribution < -0.4 is 67.1 Å². The third-order valence-corrected chi connectivity index (χ3v) is 4.43. The van der Waals surface area contributed by atoms with Crippen LogP contribution >= 0.6 is 0 Å². The summed E-state index contributed by atoms with van der Waals surface area (Å²) in [6.07, 6.45) is 3.56. The molecule has 9 heteroatoms. The molecule has 2 unspecified atom stereocenters. The van der Waals surface area contributed by atoms with E-state index in [1.165, 1.54) is 6.07 Å². The number of nitrogens with one attached hydrogen (secondary N) is 2. The van der Waals surface area contributed by atoms with E-state index in [1.54, 1.807) is 42.7 Å². The van der Waals surface area contributed by atoms with E-state index in [9.17, 15) is 23.5 Å². The Morgan fingerprint density at radius 2 is 1.93 bits per heavy atom. The Kier molecular flexibility index (Phi) is 8.08. The van der Waals surface area contributed by atoms with Crippen LogP contribution in [-0.4, -0.2) is 28.9 Å². The van der Waals surface area contributed by atoms with Crippen LogP contribution in [0, 0.1) is 0 Å². The third-order valence-electron chi connectivity index (χ3n) is 4.43. The van der Waals surface area contributed by atoms with Gasteiger partial charge in [-0.2, -0.15) is 0 Å². The van der Waals surface area contributed by atoms with Gasteiger partial charge in [0.1, 0.15) is 0 Å². The summed E-state index contributed by atoms with van der Waals surface area (Å²) in [6.45, 7) is 0. The molecule has 1 aliphatic carbocycles. The predicted molar refractivity (Wildman–Crippen MR) is 92.3 cm³/mol. The van der Waals surface area contributed by atoms with Crippen LogP contribution in [0.5, 0.6) is 0 Å². The zero-order valence-corrected chi connectivity index (χ0v) is 18.4. The maximum Gasteiger partial charge on any atom is 1.00 e. The van der Waals surface area contributed by atoms with E-state index in [-0.39, 0.29) is 64.2 Å². The molecule has 2 amide bonds. The van der Waals surface area contributed by atoms with Crippen molar-refractivity contribution in [1.82, 2.24) is 10.3 Å². The second-order valence-corrected chi connectivity index (χ2v) is 6.51. The van der Waals surface area contributed by atoms with Gasteiger partial charge in [-0.25, -0.2) is 13.6 Å². The summed E-state index contributed by atoms with van der Waals surface area (Å²) in [7, 11) is 0. The van der Waals surface area contributed by atoms with E-state index in [0.717, 1.165) is 5.56 Å². The number of aromatic nitrogens is 1. The van der Waals surface area contributed by atoms with Gasteiger partial charge in [-0.15, -0.1) is 0 Å². The Hall–Kier alpha value is -1.39. The molecule has 0 radical (unpaired) electrons. The molecule has 1 aromatic carbocycles. The molecule has 2 aromatic rings. The number of aliphatic carboxylic acids is 1. The van der Waals surface area contributed by atoms with Crippen LogP contribution in [0.1, 0.15) is 29.9 Å². The first-order valence-corrected chi connectivity index (χ1v) is 8.50. The molecule has 6 nitrogen and oxygen atoms in total. The fraction of sp³-hybridized carbons (Fsp3) is 0.316. The predicted octanol–water partition coefficient (Wildman–Crippen LogP) is -0.919. The smallest absolute Gasteiger partial charge is 0.548 e. The number of aryl methyl sites for hydroxylation is 1. The molecular formula is C19H18F2KN3O3. The second-order valence-electron chi connectivity index (χ2n) is 6.51. The van der Waals surface area contributed by atoms with E-state index in [0.29, 0.717) is 17.7 Å². The van der Waals surface area contributed by atoms with E-state index >= 15 is 0 Å². The van der Waals surface area contributed by atoms with Gasteiger partial charge >= 0.3 is 57.4 Å². The van der Waals surface area contributed by atoms with Crippen LogP contribution in [0.4, 0.5) is 19.3 Å². The molecule has 1 aromatic heterocycles. The summed E-state index contributed by atoms with van der Waals surface area (Å²) < 4.78 is 26.4. The topological polar surface area (TPSA) is 94.2 Å². The SMILES string of the molecule is O=C(Nc1cccc(C2CC2(F)F)c1)NC(CCc1ccncc1)C(=O)[O-].[K+]. The van der Waals surface area contributed by atoms with E-state index in [1.807, 2.05) is 0 Å². The number of alkyl halides is 2. The summed E-state index contributed by atoms with van der Waals surface area (Å²) in [5.74, 6) is -4.93. The van der Waals surface area contributed by atoms with E-state index in [2.05, 4.69) is 15.6 Å². The number of anilines is 1. The molecule has 0 aliphatic heterocycles. The van der Waals surface area contributed by atoms with Gasteiger partial charge in [0.05, 0.1) is 17.9 Å². The summed E-state index contributed by atoms with van der Waals surface area (Å²) in [5.41, 5.74) is 1.64. The summed E-state index contributed by atoms with van der Waals surface area (Å²) in [6, 6.07) is 7.75. The summed E-state index contributed by atoms with van der Waals surface area (Å²) >= 11 is 0. The number of carbonyl (C=O) groups is 2. The van der Waals surface area contributed by atoms with Crippen molar-refractivity contribution < 1.29 is 74.9 Å². The van der Waals surface area contributed by atoms with Crippen molar-refractivity contribution in [3.05, 3.63) is 59.9 Å². The minimum Gasteiger partial charge on any atom is -0.548 e. The number of carboxylic acids is 1. The molecule has 28 heavy (non-hydrogen) atoms. The number of amides is 2. The number of pyridine rings is 1. The second kappa shape index (κ2) is 9.88. The fourth-order valence-electron chi connectivity index (χ4n) is 2.84.